The van der Waals surface area contributed by atoms with E-state index in [2.05, 4.69) is 10.6 Å². The van der Waals surface area contributed by atoms with Crippen LogP contribution < -0.4 is 10.6 Å². The molecule has 7 heteroatoms. The molecule has 1 rings (SSSR count). The molecule has 0 bridgehead atoms. The van der Waals surface area contributed by atoms with Crippen molar-refractivity contribution in [3.05, 3.63) is 0 Å². The zero-order valence-corrected chi connectivity index (χ0v) is 12.4. The van der Waals surface area contributed by atoms with Crippen LogP contribution in [0, 0.1) is 0 Å². The first-order chi connectivity index (χ1) is 8.63. The second kappa shape index (κ2) is 10.00. The molecule has 0 saturated carbocycles. The zero-order valence-electron chi connectivity index (χ0n) is 11.6. The van der Waals surface area contributed by atoms with E-state index >= 15 is 0 Å². The molecule has 1 unspecified atom stereocenters. The third-order valence-corrected chi connectivity index (χ3v) is 3.03. The molecule has 0 aromatic rings. The van der Waals surface area contributed by atoms with Crippen LogP contribution in [-0.2, 0) is 14.3 Å². The van der Waals surface area contributed by atoms with Gasteiger partial charge in [-0.05, 0) is 14.0 Å². The van der Waals surface area contributed by atoms with Gasteiger partial charge in [-0.3, -0.25) is 9.59 Å². The molecule has 1 atom stereocenters. The number of amides is 2. The minimum Gasteiger partial charge on any atom is -0.378 e. The highest BCUT2D eigenvalue weighted by atomic mass is 35.5. The van der Waals surface area contributed by atoms with E-state index in [4.69, 9.17) is 4.74 Å². The van der Waals surface area contributed by atoms with Crippen LogP contribution in [0.2, 0.25) is 0 Å². The van der Waals surface area contributed by atoms with E-state index in [1.54, 1.807) is 4.90 Å². The minimum atomic E-state index is -0.0706. The van der Waals surface area contributed by atoms with Gasteiger partial charge in [-0.1, -0.05) is 0 Å². The van der Waals surface area contributed by atoms with Crippen LogP contribution in [0.25, 0.3) is 0 Å². The van der Waals surface area contributed by atoms with Crippen molar-refractivity contribution < 1.29 is 14.3 Å². The first-order valence-electron chi connectivity index (χ1n) is 6.43. The van der Waals surface area contributed by atoms with Crippen molar-refractivity contribution in [3.63, 3.8) is 0 Å². The van der Waals surface area contributed by atoms with Gasteiger partial charge >= 0.3 is 0 Å². The number of ether oxygens (including phenoxy) is 1. The van der Waals surface area contributed by atoms with Gasteiger partial charge in [0.05, 0.1) is 13.2 Å². The van der Waals surface area contributed by atoms with Crippen LogP contribution in [0.4, 0.5) is 0 Å². The van der Waals surface area contributed by atoms with Crippen molar-refractivity contribution in [3.8, 4) is 0 Å². The molecule has 0 aromatic heterocycles. The Hall–Kier alpha value is -0.850. The lowest BCUT2D eigenvalue weighted by Gasteiger charge is -2.26. The SMILES string of the molecule is CNC(C)CNC(=O)CCC(=O)N1CCOCC1.Cl. The van der Waals surface area contributed by atoms with Crippen molar-refractivity contribution in [2.75, 3.05) is 39.9 Å². The van der Waals surface area contributed by atoms with Crippen molar-refractivity contribution >= 4 is 24.2 Å². The Morgan fingerprint density at radius 2 is 1.89 bits per heavy atom. The van der Waals surface area contributed by atoms with E-state index in [1.807, 2.05) is 14.0 Å². The second-order valence-electron chi connectivity index (χ2n) is 4.49. The van der Waals surface area contributed by atoms with E-state index < -0.39 is 0 Å². The Morgan fingerprint density at radius 3 is 2.47 bits per heavy atom. The number of likely N-dealkylation sites (N-methyl/N-ethyl adjacent to an activating group) is 1. The lowest BCUT2D eigenvalue weighted by molar-refractivity contribution is -0.137. The number of morpholine rings is 1. The summed E-state index contributed by atoms with van der Waals surface area (Å²) in [4.78, 5) is 25.0. The zero-order chi connectivity index (χ0) is 13.4. The number of carbonyl (C=O) groups excluding carboxylic acids is 2. The fraction of sp³-hybridized carbons (Fsp3) is 0.833. The predicted molar refractivity (Wildman–Crippen MR) is 75.4 cm³/mol. The molecule has 19 heavy (non-hydrogen) atoms. The van der Waals surface area contributed by atoms with Gasteiger partial charge in [0.1, 0.15) is 0 Å². The topological polar surface area (TPSA) is 70.7 Å². The lowest BCUT2D eigenvalue weighted by atomic mass is 10.2. The molecule has 0 spiro atoms. The summed E-state index contributed by atoms with van der Waals surface area (Å²) in [6.45, 7) is 5.03. The van der Waals surface area contributed by atoms with Crippen LogP contribution >= 0.6 is 12.4 Å². The summed E-state index contributed by atoms with van der Waals surface area (Å²) in [7, 11) is 1.85. The summed E-state index contributed by atoms with van der Waals surface area (Å²) in [5.41, 5.74) is 0. The summed E-state index contributed by atoms with van der Waals surface area (Å²) < 4.78 is 5.17. The Labute approximate surface area is 120 Å². The van der Waals surface area contributed by atoms with Crippen LogP contribution in [-0.4, -0.2) is 62.7 Å². The van der Waals surface area contributed by atoms with Crippen molar-refractivity contribution in [2.45, 2.75) is 25.8 Å². The number of hydrogen-bond acceptors (Lipinski definition) is 4. The average molecular weight is 294 g/mol. The van der Waals surface area contributed by atoms with Gasteiger partial charge in [-0.2, -0.15) is 0 Å². The highest BCUT2D eigenvalue weighted by Gasteiger charge is 2.17. The first kappa shape index (κ1) is 18.1. The third-order valence-electron chi connectivity index (χ3n) is 3.03. The molecule has 1 saturated heterocycles. The summed E-state index contributed by atoms with van der Waals surface area (Å²) in [6.07, 6.45) is 0.534. The summed E-state index contributed by atoms with van der Waals surface area (Å²) in [5, 5.41) is 5.83. The molecular formula is C12H24ClN3O3. The second-order valence-corrected chi connectivity index (χ2v) is 4.49. The number of nitrogens with zero attached hydrogens (tertiary/aromatic N) is 1. The summed E-state index contributed by atoms with van der Waals surface area (Å²) in [6, 6.07) is 0.240. The molecule has 2 amide bonds. The number of rotatable bonds is 6. The Bertz CT molecular complexity index is 283. The van der Waals surface area contributed by atoms with Gasteiger partial charge in [0.25, 0.3) is 0 Å². The molecule has 0 radical (unpaired) electrons. The van der Waals surface area contributed by atoms with Crippen molar-refractivity contribution in [1.29, 1.82) is 0 Å². The van der Waals surface area contributed by atoms with Gasteiger partial charge in [0.2, 0.25) is 11.8 Å². The largest absolute Gasteiger partial charge is 0.378 e. The third kappa shape index (κ3) is 7.34. The monoisotopic (exact) mass is 293 g/mol. The van der Waals surface area contributed by atoms with Crippen LogP contribution in [0.5, 0.6) is 0 Å². The molecule has 1 aliphatic rings. The van der Waals surface area contributed by atoms with Gasteiger partial charge in [0, 0.05) is 38.5 Å². The molecule has 1 fully saturated rings. The smallest absolute Gasteiger partial charge is 0.223 e. The maximum atomic E-state index is 11.8. The van der Waals surface area contributed by atoms with Crippen molar-refractivity contribution in [2.24, 2.45) is 0 Å². The van der Waals surface area contributed by atoms with E-state index in [9.17, 15) is 9.59 Å². The molecule has 6 nitrogen and oxygen atoms in total. The average Bonchev–Trinajstić information content (AvgIpc) is 2.42. The van der Waals surface area contributed by atoms with Crippen LogP contribution in [0.15, 0.2) is 0 Å². The summed E-state index contributed by atoms with van der Waals surface area (Å²) in [5.74, 6) is -0.0335. The van der Waals surface area contributed by atoms with E-state index in [0.29, 0.717) is 32.8 Å². The van der Waals surface area contributed by atoms with E-state index in [-0.39, 0.29) is 43.1 Å². The number of hydrogen-bond donors (Lipinski definition) is 2. The van der Waals surface area contributed by atoms with E-state index in [0.717, 1.165) is 0 Å². The maximum absolute atomic E-state index is 11.8. The van der Waals surface area contributed by atoms with Crippen LogP contribution in [0.3, 0.4) is 0 Å². The quantitative estimate of drug-likeness (QED) is 0.710. The first-order valence-corrected chi connectivity index (χ1v) is 6.43. The van der Waals surface area contributed by atoms with Gasteiger partial charge in [0.15, 0.2) is 0 Å². The molecule has 1 heterocycles. The van der Waals surface area contributed by atoms with Gasteiger partial charge < -0.3 is 20.3 Å². The van der Waals surface area contributed by atoms with Crippen molar-refractivity contribution in [1.82, 2.24) is 15.5 Å². The van der Waals surface area contributed by atoms with Crippen LogP contribution in [0.1, 0.15) is 19.8 Å². The standard InChI is InChI=1S/C12H23N3O3.ClH/c1-10(13-2)9-14-11(16)3-4-12(17)15-5-7-18-8-6-15;/h10,13H,3-9H2,1-2H3,(H,14,16);1H. The van der Waals surface area contributed by atoms with Gasteiger partial charge in [-0.15, -0.1) is 12.4 Å². The molecule has 0 aromatic carbocycles. The molecular weight excluding hydrogens is 270 g/mol. The lowest BCUT2D eigenvalue weighted by Crippen LogP contribution is -2.41. The Balaban J connectivity index is 0.00000324. The fourth-order valence-corrected chi connectivity index (χ4v) is 1.65. The van der Waals surface area contributed by atoms with E-state index in [1.165, 1.54) is 0 Å². The normalized spacial score (nSPS) is 16.4. The molecule has 1 aliphatic heterocycles. The summed E-state index contributed by atoms with van der Waals surface area (Å²) >= 11 is 0. The number of carbonyl (C=O) groups is 2. The Morgan fingerprint density at radius 1 is 1.26 bits per heavy atom. The molecule has 112 valence electrons. The highest BCUT2D eigenvalue weighted by molar-refractivity contribution is 5.85. The predicted octanol–water partition coefficient (Wildman–Crippen LogP) is -0.229. The fourth-order valence-electron chi connectivity index (χ4n) is 1.65. The molecule has 0 aliphatic carbocycles. The maximum Gasteiger partial charge on any atom is 0.223 e. The number of halogens is 1. The Kier molecular flexibility index (Phi) is 9.55. The number of nitrogens with one attached hydrogen (secondary N) is 2. The van der Waals surface area contributed by atoms with Gasteiger partial charge in [-0.25, -0.2) is 0 Å². The minimum absolute atomic E-state index is 0. The highest BCUT2D eigenvalue weighted by Crippen LogP contribution is 2.02. The molecule has 2 N–H and O–H groups in total.